The molecule has 1 aliphatic carbocycles. The fourth-order valence-corrected chi connectivity index (χ4v) is 4.52. The molecule has 6 nitrogen and oxygen atoms in total. The normalized spacial score (nSPS) is 14.4. The number of carbonyl (C=O) groups excluding carboxylic acids is 2. The Labute approximate surface area is 175 Å². The molecule has 1 amide bonds. The first-order valence-electron chi connectivity index (χ1n) is 10.7. The van der Waals surface area contributed by atoms with Crippen molar-refractivity contribution in [2.24, 2.45) is 11.7 Å². The van der Waals surface area contributed by atoms with Gasteiger partial charge in [-0.15, -0.1) is 0 Å². The topological polar surface area (TPSA) is 83.6 Å². The Kier molecular flexibility index (Phi) is 5.93. The Morgan fingerprint density at radius 2 is 1.77 bits per heavy atom. The predicted octanol–water partition coefficient (Wildman–Crippen LogP) is 4.42. The van der Waals surface area contributed by atoms with Crippen molar-refractivity contribution in [2.75, 3.05) is 13.2 Å². The minimum Gasteiger partial charge on any atom is -0.481 e. The molecule has 1 aromatic heterocycles. The van der Waals surface area contributed by atoms with Crippen molar-refractivity contribution >= 4 is 33.7 Å². The van der Waals surface area contributed by atoms with Crippen LogP contribution in [0.3, 0.4) is 0 Å². The summed E-state index contributed by atoms with van der Waals surface area (Å²) in [4.78, 5) is 24.2. The molecule has 2 aromatic carbocycles. The molecule has 0 aliphatic heterocycles. The van der Waals surface area contributed by atoms with E-state index in [1.165, 1.54) is 25.7 Å². The van der Waals surface area contributed by atoms with Crippen LogP contribution in [-0.2, 0) is 16.1 Å². The van der Waals surface area contributed by atoms with Crippen molar-refractivity contribution < 1.29 is 19.1 Å². The quantitative estimate of drug-likeness (QED) is 0.560. The van der Waals surface area contributed by atoms with Crippen LogP contribution in [0.2, 0.25) is 0 Å². The van der Waals surface area contributed by atoms with Crippen LogP contribution in [0, 0.1) is 5.92 Å². The summed E-state index contributed by atoms with van der Waals surface area (Å²) in [7, 11) is 0. The van der Waals surface area contributed by atoms with E-state index in [2.05, 4.69) is 4.57 Å². The van der Waals surface area contributed by atoms with Crippen molar-refractivity contribution in [1.82, 2.24) is 4.57 Å². The van der Waals surface area contributed by atoms with Gasteiger partial charge in [-0.2, -0.15) is 0 Å². The van der Waals surface area contributed by atoms with E-state index < -0.39 is 11.9 Å². The number of benzene rings is 2. The molecule has 2 N–H and O–H groups in total. The van der Waals surface area contributed by atoms with Gasteiger partial charge in [-0.25, -0.2) is 4.79 Å². The van der Waals surface area contributed by atoms with Gasteiger partial charge in [0.2, 0.25) is 5.91 Å². The number of ether oxygens (including phenoxy) is 2. The number of esters is 1. The zero-order valence-corrected chi connectivity index (χ0v) is 17.4. The monoisotopic (exact) mass is 408 g/mol. The highest BCUT2D eigenvalue weighted by atomic mass is 16.6. The summed E-state index contributed by atoms with van der Waals surface area (Å²) in [5, 5.41) is 1.61. The Bertz CT molecular complexity index is 1080. The van der Waals surface area contributed by atoms with Gasteiger partial charge in [0.15, 0.2) is 6.61 Å². The number of hydrogen-bond acceptors (Lipinski definition) is 4. The molecule has 0 atom stereocenters. The van der Waals surface area contributed by atoms with Crippen LogP contribution in [-0.4, -0.2) is 29.7 Å². The van der Waals surface area contributed by atoms with E-state index in [0.717, 1.165) is 34.8 Å². The number of amides is 1. The molecule has 0 unspecified atom stereocenters. The molecular formula is C24H28N2O4. The van der Waals surface area contributed by atoms with Crippen LogP contribution in [0.1, 0.15) is 49.4 Å². The van der Waals surface area contributed by atoms with Crippen molar-refractivity contribution in [2.45, 2.75) is 45.6 Å². The predicted molar refractivity (Wildman–Crippen MR) is 117 cm³/mol. The SMILES string of the molecule is CCCOC(=O)COc1cccc2c1c1c(C(N)=O)cccc1n2CC1CCCC1. The number of aromatic nitrogens is 1. The van der Waals surface area contributed by atoms with Gasteiger partial charge in [0.1, 0.15) is 5.75 Å². The third-order valence-corrected chi connectivity index (χ3v) is 5.87. The zero-order chi connectivity index (χ0) is 21.1. The molecule has 1 fully saturated rings. The van der Waals surface area contributed by atoms with Crippen molar-refractivity contribution in [3.63, 3.8) is 0 Å². The Morgan fingerprint density at radius 3 is 2.47 bits per heavy atom. The van der Waals surface area contributed by atoms with Gasteiger partial charge in [0.05, 0.1) is 23.0 Å². The Balaban J connectivity index is 1.82. The molecule has 6 heteroatoms. The molecule has 0 saturated heterocycles. The second kappa shape index (κ2) is 8.78. The first kappa shape index (κ1) is 20.3. The second-order valence-electron chi connectivity index (χ2n) is 7.98. The van der Waals surface area contributed by atoms with Crippen LogP contribution in [0.5, 0.6) is 5.75 Å². The minimum absolute atomic E-state index is 0.173. The van der Waals surface area contributed by atoms with Crippen LogP contribution in [0.4, 0.5) is 0 Å². The molecule has 3 aromatic rings. The van der Waals surface area contributed by atoms with Crippen LogP contribution >= 0.6 is 0 Å². The third-order valence-electron chi connectivity index (χ3n) is 5.87. The van der Waals surface area contributed by atoms with Gasteiger partial charge < -0.3 is 19.8 Å². The number of rotatable bonds is 8. The maximum absolute atomic E-state index is 12.2. The van der Waals surface area contributed by atoms with E-state index in [0.29, 0.717) is 23.8 Å². The van der Waals surface area contributed by atoms with Crippen molar-refractivity contribution in [3.05, 3.63) is 42.0 Å². The lowest BCUT2D eigenvalue weighted by Gasteiger charge is -2.13. The average molecular weight is 408 g/mol. The van der Waals surface area contributed by atoms with E-state index in [1.807, 2.05) is 37.3 Å². The molecule has 158 valence electrons. The highest BCUT2D eigenvalue weighted by Crippen LogP contribution is 2.39. The standard InChI is InChI=1S/C24H28N2O4/c1-2-13-29-21(27)15-30-20-12-6-11-19-23(20)22-17(24(25)28)9-5-10-18(22)26(19)14-16-7-3-4-8-16/h5-6,9-12,16H,2-4,7-8,13-15H2,1H3,(H2,25,28). The molecule has 1 aliphatic rings. The van der Waals surface area contributed by atoms with Gasteiger partial charge in [0.25, 0.3) is 0 Å². The van der Waals surface area contributed by atoms with E-state index in [-0.39, 0.29) is 6.61 Å². The fraction of sp³-hybridized carbons (Fsp3) is 0.417. The second-order valence-corrected chi connectivity index (χ2v) is 7.98. The number of nitrogens with zero attached hydrogens (tertiary/aromatic N) is 1. The summed E-state index contributed by atoms with van der Waals surface area (Å²) < 4.78 is 13.3. The van der Waals surface area contributed by atoms with Crippen LogP contribution in [0.15, 0.2) is 36.4 Å². The number of nitrogens with two attached hydrogens (primary N) is 1. The van der Waals surface area contributed by atoms with Crippen molar-refractivity contribution in [1.29, 1.82) is 0 Å². The maximum Gasteiger partial charge on any atom is 0.344 e. The van der Waals surface area contributed by atoms with Gasteiger partial charge >= 0.3 is 5.97 Å². The molecule has 4 rings (SSSR count). The summed E-state index contributed by atoms with van der Waals surface area (Å²) >= 11 is 0. The molecule has 30 heavy (non-hydrogen) atoms. The van der Waals surface area contributed by atoms with Crippen LogP contribution < -0.4 is 10.5 Å². The van der Waals surface area contributed by atoms with E-state index >= 15 is 0 Å². The number of fused-ring (bicyclic) bond motifs is 3. The lowest BCUT2D eigenvalue weighted by Crippen LogP contribution is -2.15. The molecule has 0 radical (unpaired) electrons. The molecule has 1 heterocycles. The molecule has 1 saturated carbocycles. The van der Waals surface area contributed by atoms with E-state index in [9.17, 15) is 9.59 Å². The van der Waals surface area contributed by atoms with Crippen molar-refractivity contribution in [3.8, 4) is 5.75 Å². The Hall–Kier alpha value is -3.02. The van der Waals surface area contributed by atoms with Gasteiger partial charge in [-0.3, -0.25) is 4.79 Å². The lowest BCUT2D eigenvalue weighted by molar-refractivity contribution is -0.145. The van der Waals surface area contributed by atoms with E-state index in [1.54, 1.807) is 6.07 Å². The molecule has 0 bridgehead atoms. The van der Waals surface area contributed by atoms with Gasteiger partial charge in [0, 0.05) is 17.5 Å². The third kappa shape index (κ3) is 3.86. The van der Waals surface area contributed by atoms with E-state index in [4.69, 9.17) is 15.2 Å². The fourth-order valence-electron chi connectivity index (χ4n) is 4.52. The number of carbonyl (C=O) groups is 2. The number of primary amides is 1. The average Bonchev–Trinajstić information content (AvgIpc) is 3.37. The summed E-state index contributed by atoms with van der Waals surface area (Å²) in [6, 6.07) is 11.4. The summed E-state index contributed by atoms with van der Waals surface area (Å²) in [5.74, 6) is 0.302. The maximum atomic E-state index is 12.2. The van der Waals surface area contributed by atoms with Gasteiger partial charge in [-0.05, 0) is 49.4 Å². The lowest BCUT2D eigenvalue weighted by atomic mass is 10.1. The first-order valence-corrected chi connectivity index (χ1v) is 10.7. The molecular weight excluding hydrogens is 380 g/mol. The smallest absolute Gasteiger partial charge is 0.344 e. The summed E-state index contributed by atoms with van der Waals surface area (Å²) in [6.07, 6.45) is 5.73. The number of hydrogen-bond donors (Lipinski definition) is 1. The Morgan fingerprint density at radius 1 is 1.07 bits per heavy atom. The van der Waals surface area contributed by atoms with Crippen LogP contribution in [0.25, 0.3) is 21.8 Å². The van der Waals surface area contributed by atoms with Gasteiger partial charge in [-0.1, -0.05) is 31.9 Å². The largest absolute Gasteiger partial charge is 0.481 e. The summed E-state index contributed by atoms with van der Waals surface area (Å²) in [5.41, 5.74) is 8.13. The highest BCUT2D eigenvalue weighted by molar-refractivity contribution is 6.19. The summed E-state index contributed by atoms with van der Waals surface area (Å²) in [6.45, 7) is 3.04. The first-order chi connectivity index (χ1) is 14.6. The minimum atomic E-state index is -0.474. The highest BCUT2D eigenvalue weighted by Gasteiger charge is 2.23. The zero-order valence-electron chi connectivity index (χ0n) is 17.4. The molecule has 0 spiro atoms.